The molecule has 1 atom stereocenters. The summed E-state index contributed by atoms with van der Waals surface area (Å²) >= 11 is 0. The van der Waals surface area contributed by atoms with Gasteiger partial charge in [0.25, 0.3) is 0 Å². The van der Waals surface area contributed by atoms with Gasteiger partial charge in [-0.05, 0) is 36.1 Å². The van der Waals surface area contributed by atoms with Crippen LogP contribution >= 0.6 is 0 Å². The zero-order chi connectivity index (χ0) is 23.2. The summed E-state index contributed by atoms with van der Waals surface area (Å²) in [6, 6.07) is 16.3. The third kappa shape index (κ3) is 8.87. The number of anilines is 1. The van der Waals surface area contributed by atoms with Crippen molar-refractivity contribution in [1.82, 2.24) is 10.8 Å². The Morgan fingerprint density at radius 3 is 2.09 bits per heavy atom. The van der Waals surface area contributed by atoms with Crippen LogP contribution in [-0.2, 0) is 25.7 Å². The molecule has 0 fully saturated rings. The van der Waals surface area contributed by atoms with Crippen molar-refractivity contribution >= 4 is 23.5 Å². The predicted octanol–water partition coefficient (Wildman–Crippen LogP) is 3.48. The first-order chi connectivity index (χ1) is 15.5. The number of benzene rings is 2. The summed E-state index contributed by atoms with van der Waals surface area (Å²) in [5, 5.41) is 14.5. The monoisotopic (exact) mass is 441 g/mol. The van der Waals surface area contributed by atoms with Crippen LogP contribution in [0.4, 0.5) is 5.69 Å². The summed E-state index contributed by atoms with van der Waals surface area (Å²) in [7, 11) is 1.37. The molecular weight excluding hydrogens is 410 g/mol. The fourth-order valence-electron chi connectivity index (χ4n) is 3.23. The average molecular weight is 442 g/mol. The number of hydrogen-bond donors (Lipinski definition) is 4. The van der Waals surface area contributed by atoms with Crippen LogP contribution in [0.25, 0.3) is 0 Å². The van der Waals surface area contributed by atoms with Crippen LogP contribution in [0.15, 0.2) is 54.6 Å². The number of hydrogen-bond acceptors (Lipinski definition) is 6. The lowest BCUT2D eigenvalue weighted by atomic mass is 10.1. The number of rotatable bonds is 13. The molecule has 0 bridgehead atoms. The highest BCUT2D eigenvalue weighted by molar-refractivity contribution is 5.90. The van der Waals surface area contributed by atoms with Crippen molar-refractivity contribution in [3.05, 3.63) is 65.7 Å². The Bertz CT molecular complexity index is 856. The summed E-state index contributed by atoms with van der Waals surface area (Å²) in [4.78, 5) is 35.1. The molecule has 0 aliphatic rings. The number of methoxy groups -OCH3 is 1. The van der Waals surface area contributed by atoms with Crippen molar-refractivity contribution in [1.29, 1.82) is 0 Å². The number of ether oxygens (including phenoxy) is 1. The minimum absolute atomic E-state index is 0.0567. The molecule has 2 aromatic rings. The van der Waals surface area contributed by atoms with Crippen LogP contribution < -0.4 is 16.1 Å². The second-order valence-electron chi connectivity index (χ2n) is 7.44. The van der Waals surface area contributed by atoms with E-state index in [1.807, 2.05) is 54.6 Å². The Labute approximate surface area is 188 Å². The molecule has 2 amide bonds. The molecule has 0 aromatic heterocycles. The fourth-order valence-corrected chi connectivity index (χ4v) is 3.23. The van der Waals surface area contributed by atoms with E-state index in [9.17, 15) is 14.4 Å². The molecule has 2 aromatic carbocycles. The molecule has 172 valence electrons. The molecule has 0 aliphatic heterocycles. The number of carbonyl (C=O) groups is 3. The highest BCUT2D eigenvalue weighted by Gasteiger charge is 2.20. The largest absolute Gasteiger partial charge is 0.468 e. The number of carbonyl (C=O) groups excluding carboxylic acids is 3. The van der Waals surface area contributed by atoms with E-state index >= 15 is 0 Å². The van der Waals surface area contributed by atoms with Crippen molar-refractivity contribution in [2.45, 2.75) is 51.1 Å². The quantitative estimate of drug-likeness (QED) is 0.164. The standard InChI is InChI=1S/C24H31N3O5/c1-32-24(30)23(19-9-5-4-6-10-19)25-17-18-13-15-20(16-14-18)26-21(28)11-7-2-3-8-12-22(29)27-31/h4-6,9-10,13-16,23,25,31H,2-3,7-8,11-12,17H2,1H3,(H,26,28)(H,27,29)/t23-/m0/s1. The number of nitrogens with one attached hydrogen (secondary N) is 3. The van der Waals surface area contributed by atoms with E-state index < -0.39 is 6.04 Å². The van der Waals surface area contributed by atoms with Crippen molar-refractivity contribution in [2.75, 3.05) is 12.4 Å². The number of esters is 1. The molecule has 0 unspecified atom stereocenters. The third-order valence-electron chi connectivity index (χ3n) is 5.00. The summed E-state index contributed by atoms with van der Waals surface area (Å²) in [5.41, 5.74) is 4.13. The number of amides is 2. The van der Waals surface area contributed by atoms with E-state index in [0.717, 1.165) is 30.4 Å². The first-order valence-electron chi connectivity index (χ1n) is 10.7. The van der Waals surface area contributed by atoms with Gasteiger partial charge in [0.2, 0.25) is 11.8 Å². The molecule has 0 radical (unpaired) electrons. The maximum atomic E-state index is 12.1. The van der Waals surface area contributed by atoms with Crippen LogP contribution in [0, 0.1) is 0 Å². The molecular formula is C24H31N3O5. The van der Waals surface area contributed by atoms with E-state index in [-0.39, 0.29) is 24.2 Å². The minimum atomic E-state index is -0.557. The SMILES string of the molecule is COC(=O)[C@@H](NCc1ccc(NC(=O)CCCCCCC(=O)NO)cc1)c1ccccc1. The smallest absolute Gasteiger partial charge is 0.327 e. The van der Waals surface area contributed by atoms with Gasteiger partial charge in [0, 0.05) is 25.1 Å². The van der Waals surface area contributed by atoms with Crippen LogP contribution in [0.3, 0.4) is 0 Å². The molecule has 2 rings (SSSR count). The molecule has 0 saturated heterocycles. The van der Waals surface area contributed by atoms with Crippen LogP contribution in [0.5, 0.6) is 0 Å². The molecule has 32 heavy (non-hydrogen) atoms. The minimum Gasteiger partial charge on any atom is -0.468 e. The highest BCUT2D eigenvalue weighted by atomic mass is 16.5. The lowest BCUT2D eigenvalue weighted by Crippen LogP contribution is -2.29. The van der Waals surface area contributed by atoms with E-state index in [1.54, 1.807) is 5.48 Å². The van der Waals surface area contributed by atoms with Gasteiger partial charge in [-0.1, -0.05) is 55.3 Å². The van der Waals surface area contributed by atoms with Gasteiger partial charge in [0.05, 0.1) is 7.11 Å². The van der Waals surface area contributed by atoms with Gasteiger partial charge in [0.15, 0.2) is 0 Å². The van der Waals surface area contributed by atoms with Gasteiger partial charge >= 0.3 is 5.97 Å². The summed E-state index contributed by atoms with van der Waals surface area (Å²) < 4.78 is 4.91. The first kappa shape index (κ1) is 25.0. The number of unbranched alkanes of at least 4 members (excludes halogenated alkanes) is 3. The highest BCUT2D eigenvalue weighted by Crippen LogP contribution is 2.16. The van der Waals surface area contributed by atoms with Gasteiger partial charge in [-0.2, -0.15) is 0 Å². The Morgan fingerprint density at radius 2 is 1.50 bits per heavy atom. The van der Waals surface area contributed by atoms with Gasteiger partial charge in [-0.15, -0.1) is 0 Å². The average Bonchev–Trinajstić information content (AvgIpc) is 2.82. The molecule has 8 nitrogen and oxygen atoms in total. The summed E-state index contributed by atoms with van der Waals surface area (Å²) in [6.07, 6.45) is 3.80. The molecule has 8 heteroatoms. The third-order valence-corrected chi connectivity index (χ3v) is 5.00. The Morgan fingerprint density at radius 1 is 0.875 bits per heavy atom. The zero-order valence-corrected chi connectivity index (χ0v) is 18.3. The van der Waals surface area contributed by atoms with E-state index in [4.69, 9.17) is 9.94 Å². The normalized spacial score (nSPS) is 11.4. The van der Waals surface area contributed by atoms with Gasteiger partial charge in [0.1, 0.15) is 6.04 Å². The molecule has 0 aliphatic carbocycles. The van der Waals surface area contributed by atoms with Gasteiger partial charge in [-0.3, -0.25) is 20.1 Å². The van der Waals surface area contributed by atoms with Gasteiger partial charge < -0.3 is 10.1 Å². The maximum Gasteiger partial charge on any atom is 0.327 e. The van der Waals surface area contributed by atoms with Crippen molar-refractivity contribution < 1.29 is 24.3 Å². The van der Waals surface area contributed by atoms with E-state index in [1.165, 1.54) is 7.11 Å². The zero-order valence-electron chi connectivity index (χ0n) is 18.3. The van der Waals surface area contributed by atoms with E-state index in [2.05, 4.69) is 10.6 Å². The maximum absolute atomic E-state index is 12.1. The Hall–Kier alpha value is -3.23. The first-order valence-corrected chi connectivity index (χ1v) is 10.7. The summed E-state index contributed by atoms with van der Waals surface area (Å²) in [5.74, 6) is -0.794. The molecule has 4 N–H and O–H groups in total. The molecule has 0 saturated carbocycles. The second-order valence-corrected chi connectivity index (χ2v) is 7.44. The Kier molecular flexibility index (Phi) is 10.9. The van der Waals surface area contributed by atoms with E-state index in [0.29, 0.717) is 25.1 Å². The predicted molar refractivity (Wildman–Crippen MR) is 121 cm³/mol. The van der Waals surface area contributed by atoms with Crippen LogP contribution in [0.2, 0.25) is 0 Å². The molecule has 0 spiro atoms. The van der Waals surface area contributed by atoms with Crippen molar-refractivity contribution in [3.63, 3.8) is 0 Å². The van der Waals surface area contributed by atoms with Gasteiger partial charge in [-0.25, -0.2) is 10.3 Å². The second kappa shape index (κ2) is 14.0. The van der Waals surface area contributed by atoms with Crippen LogP contribution in [0.1, 0.15) is 55.7 Å². The van der Waals surface area contributed by atoms with Crippen LogP contribution in [-0.4, -0.2) is 30.1 Å². The summed E-state index contributed by atoms with van der Waals surface area (Å²) in [6.45, 7) is 0.469. The Balaban J connectivity index is 1.74. The topological polar surface area (TPSA) is 117 Å². The molecule has 0 heterocycles. The van der Waals surface area contributed by atoms with Crippen molar-refractivity contribution in [3.8, 4) is 0 Å². The number of hydroxylamine groups is 1. The fraction of sp³-hybridized carbons (Fsp3) is 0.375. The lowest BCUT2D eigenvalue weighted by molar-refractivity contribution is -0.143. The van der Waals surface area contributed by atoms with Crippen molar-refractivity contribution in [2.24, 2.45) is 0 Å². The lowest BCUT2D eigenvalue weighted by Gasteiger charge is -2.17.